The second kappa shape index (κ2) is 5.16. The summed E-state index contributed by atoms with van der Waals surface area (Å²) < 4.78 is 23.8. The van der Waals surface area contributed by atoms with E-state index in [4.69, 9.17) is 15.0 Å². The predicted octanol–water partition coefficient (Wildman–Crippen LogP) is 1.92. The van der Waals surface area contributed by atoms with Crippen molar-refractivity contribution in [2.24, 2.45) is 0 Å². The first-order valence-electron chi connectivity index (χ1n) is 5.93. The maximum atomic E-state index is 13.8. The van der Waals surface area contributed by atoms with Gasteiger partial charge in [-0.25, -0.2) is 14.4 Å². The molecule has 0 bridgehead atoms. The number of aromatic nitrogens is 4. The molecule has 0 saturated heterocycles. The third-order valence-corrected chi connectivity index (χ3v) is 2.73. The Morgan fingerprint density at radius 3 is 2.90 bits per heavy atom. The summed E-state index contributed by atoms with van der Waals surface area (Å²) in [4.78, 5) is 12.0. The number of benzene rings is 1. The summed E-state index contributed by atoms with van der Waals surface area (Å²) in [6, 6.07) is 5.66. The van der Waals surface area contributed by atoms with Crippen LogP contribution in [0.4, 0.5) is 10.1 Å². The van der Waals surface area contributed by atoms with Gasteiger partial charge in [-0.1, -0.05) is 5.16 Å². The minimum Gasteiger partial charge on any atom is -0.481 e. The Morgan fingerprint density at radius 2 is 2.10 bits per heavy atom. The van der Waals surface area contributed by atoms with Crippen molar-refractivity contribution in [3.63, 3.8) is 0 Å². The molecule has 0 aliphatic heterocycles. The Kier molecular flexibility index (Phi) is 3.19. The van der Waals surface area contributed by atoms with Gasteiger partial charge in [-0.3, -0.25) is 0 Å². The SMILES string of the molecule is COc1cc(-c2noc(-c3cc(N)ccc3F)n2)ncn1. The van der Waals surface area contributed by atoms with E-state index < -0.39 is 5.82 Å². The first-order chi connectivity index (χ1) is 10.2. The minimum absolute atomic E-state index is 0.0207. The highest BCUT2D eigenvalue weighted by atomic mass is 19.1. The van der Waals surface area contributed by atoms with Crippen molar-refractivity contribution in [3.8, 4) is 28.9 Å². The normalized spacial score (nSPS) is 10.6. The van der Waals surface area contributed by atoms with Crippen molar-refractivity contribution in [1.29, 1.82) is 0 Å². The van der Waals surface area contributed by atoms with Crippen LogP contribution in [0.15, 0.2) is 35.1 Å². The number of ether oxygens (including phenoxy) is 1. The van der Waals surface area contributed by atoms with E-state index in [9.17, 15) is 4.39 Å². The van der Waals surface area contributed by atoms with Crippen LogP contribution in [-0.4, -0.2) is 27.2 Å². The Hall–Kier alpha value is -3.03. The van der Waals surface area contributed by atoms with Gasteiger partial charge in [0.2, 0.25) is 11.7 Å². The summed E-state index contributed by atoms with van der Waals surface area (Å²) >= 11 is 0. The van der Waals surface area contributed by atoms with E-state index in [1.807, 2.05) is 0 Å². The molecule has 0 unspecified atom stereocenters. The molecule has 8 heteroatoms. The summed E-state index contributed by atoms with van der Waals surface area (Å²) in [5.74, 6) is 0.0843. The second-order valence-corrected chi connectivity index (χ2v) is 4.11. The highest BCUT2D eigenvalue weighted by Crippen LogP contribution is 2.26. The van der Waals surface area contributed by atoms with Gasteiger partial charge in [0.25, 0.3) is 5.89 Å². The van der Waals surface area contributed by atoms with Gasteiger partial charge in [0.15, 0.2) is 0 Å². The molecule has 2 N–H and O–H groups in total. The largest absolute Gasteiger partial charge is 0.481 e. The number of hydrogen-bond donors (Lipinski definition) is 1. The molecule has 0 aliphatic rings. The van der Waals surface area contributed by atoms with Crippen LogP contribution >= 0.6 is 0 Å². The monoisotopic (exact) mass is 287 g/mol. The van der Waals surface area contributed by atoms with Crippen molar-refractivity contribution >= 4 is 5.69 Å². The number of nitrogens with two attached hydrogens (primary N) is 1. The van der Waals surface area contributed by atoms with Crippen molar-refractivity contribution in [1.82, 2.24) is 20.1 Å². The molecule has 106 valence electrons. The van der Waals surface area contributed by atoms with Gasteiger partial charge in [-0.2, -0.15) is 4.98 Å². The maximum absolute atomic E-state index is 13.8. The minimum atomic E-state index is -0.500. The van der Waals surface area contributed by atoms with Crippen LogP contribution in [0.1, 0.15) is 0 Å². The molecular formula is C13H10FN5O2. The molecular weight excluding hydrogens is 277 g/mol. The summed E-state index contributed by atoms with van der Waals surface area (Å²) in [6.07, 6.45) is 1.31. The molecule has 0 atom stereocenters. The van der Waals surface area contributed by atoms with Crippen molar-refractivity contribution in [2.75, 3.05) is 12.8 Å². The fraction of sp³-hybridized carbons (Fsp3) is 0.0769. The summed E-state index contributed by atoms with van der Waals surface area (Å²) in [7, 11) is 1.48. The van der Waals surface area contributed by atoms with Gasteiger partial charge in [-0.15, -0.1) is 0 Å². The maximum Gasteiger partial charge on any atom is 0.261 e. The van der Waals surface area contributed by atoms with Gasteiger partial charge in [-0.05, 0) is 18.2 Å². The third-order valence-electron chi connectivity index (χ3n) is 2.73. The number of rotatable bonds is 3. The lowest BCUT2D eigenvalue weighted by atomic mass is 10.2. The van der Waals surface area contributed by atoms with Gasteiger partial charge < -0.3 is 15.0 Å². The van der Waals surface area contributed by atoms with E-state index in [2.05, 4.69) is 20.1 Å². The van der Waals surface area contributed by atoms with Crippen LogP contribution in [-0.2, 0) is 0 Å². The molecule has 0 fully saturated rings. The number of anilines is 1. The van der Waals surface area contributed by atoms with Crippen LogP contribution in [0.3, 0.4) is 0 Å². The molecule has 2 aromatic heterocycles. The number of hydrogen-bond acceptors (Lipinski definition) is 7. The number of methoxy groups -OCH3 is 1. The van der Waals surface area contributed by atoms with Gasteiger partial charge >= 0.3 is 0 Å². The van der Waals surface area contributed by atoms with E-state index in [0.717, 1.165) is 0 Å². The Bertz CT molecular complexity index is 790. The Balaban J connectivity index is 2.01. The molecule has 0 aliphatic carbocycles. The predicted molar refractivity (Wildman–Crippen MR) is 71.7 cm³/mol. The fourth-order valence-electron chi connectivity index (χ4n) is 1.72. The topological polar surface area (TPSA) is 100.0 Å². The summed E-state index contributed by atoms with van der Waals surface area (Å²) in [5, 5.41) is 3.77. The first-order valence-corrected chi connectivity index (χ1v) is 5.93. The molecule has 2 heterocycles. The zero-order valence-corrected chi connectivity index (χ0v) is 10.9. The van der Waals surface area contributed by atoms with Crippen LogP contribution < -0.4 is 10.5 Å². The van der Waals surface area contributed by atoms with Crippen molar-refractivity contribution < 1.29 is 13.7 Å². The van der Waals surface area contributed by atoms with Crippen LogP contribution in [0.5, 0.6) is 5.88 Å². The Labute approximate surface area is 118 Å². The third kappa shape index (κ3) is 2.50. The first kappa shape index (κ1) is 13.0. The highest BCUT2D eigenvalue weighted by molar-refractivity contribution is 5.62. The van der Waals surface area contributed by atoms with Crippen LogP contribution in [0, 0.1) is 5.82 Å². The molecule has 1 aromatic carbocycles. The standard InChI is InChI=1S/C13H10FN5O2/c1-20-11-5-10(16-6-17-11)12-18-13(21-19-12)8-4-7(15)2-3-9(8)14/h2-6H,15H2,1H3. The van der Waals surface area contributed by atoms with E-state index in [-0.39, 0.29) is 17.3 Å². The molecule has 3 rings (SSSR count). The summed E-state index contributed by atoms with van der Waals surface area (Å²) in [5.41, 5.74) is 6.56. The molecule has 0 amide bonds. The molecule has 21 heavy (non-hydrogen) atoms. The van der Waals surface area contributed by atoms with E-state index in [1.54, 1.807) is 6.07 Å². The van der Waals surface area contributed by atoms with E-state index >= 15 is 0 Å². The number of nitrogens with zero attached hydrogens (tertiary/aromatic N) is 4. The average Bonchev–Trinajstić information content (AvgIpc) is 2.99. The quantitative estimate of drug-likeness (QED) is 0.734. The number of halogens is 1. The lowest BCUT2D eigenvalue weighted by Crippen LogP contribution is -1.92. The lowest BCUT2D eigenvalue weighted by molar-refractivity contribution is 0.397. The average molecular weight is 287 g/mol. The molecule has 0 radical (unpaired) electrons. The van der Waals surface area contributed by atoms with Crippen LogP contribution in [0.25, 0.3) is 23.0 Å². The van der Waals surface area contributed by atoms with Crippen LogP contribution in [0.2, 0.25) is 0 Å². The van der Waals surface area contributed by atoms with Gasteiger partial charge in [0.05, 0.1) is 12.7 Å². The molecule has 3 aromatic rings. The second-order valence-electron chi connectivity index (χ2n) is 4.11. The van der Waals surface area contributed by atoms with Crippen molar-refractivity contribution in [2.45, 2.75) is 0 Å². The molecule has 0 spiro atoms. The smallest absolute Gasteiger partial charge is 0.261 e. The fourth-order valence-corrected chi connectivity index (χ4v) is 1.72. The zero-order valence-electron chi connectivity index (χ0n) is 10.9. The number of nitrogen functional groups attached to an aromatic ring is 1. The highest BCUT2D eigenvalue weighted by Gasteiger charge is 2.16. The van der Waals surface area contributed by atoms with E-state index in [0.29, 0.717) is 17.3 Å². The lowest BCUT2D eigenvalue weighted by Gasteiger charge is -1.99. The van der Waals surface area contributed by atoms with Crippen molar-refractivity contribution in [3.05, 3.63) is 36.4 Å². The zero-order chi connectivity index (χ0) is 14.8. The van der Waals surface area contributed by atoms with Gasteiger partial charge in [0.1, 0.15) is 17.8 Å². The Morgan fingerprint density at radius 1 is 1.24 bits per heavy atom. The van der Waals surface area contributed by atoms with Gasteiger partial charge in [0, 0.05) is 11.8 Å². The molecule has 0 saturated carbocycles. The summed E-state index contributed by atoms with van der Waals surface area (Å²) in [6.45, 7) is 0. The van der Waals surface area contributed by atoms with E-state index in [1.165, 1.54) is 31.6 Å². The molecule has 7 nitrogen and oxygen atoms in total.